The first-order valence-corrected chi connectivity index (χ1v) is 5.24. The van der Waals surface area contributed by atoms with E-state index in [1.807, 2.05) is 25.1 Å². The molecule has 0 unspecified atom stereocenters. The molecule has 1 aliphatic heterocycles. The fourth-order valence-electron chi connectivity index (χ4n) is 1.71. The van der Waals surface area contributed by atoms with Crippen molar-refractivity contribution in [1.82, 2.24) is 5.32 Å². The molecule has 3 heteroatoms. The summed E-state index contributed by atoms with van der Waals surface area (Å²) in [5.74, 6) is -0.207. The van der Waals surface area contributed by atoms with E-state index in [0.717, 1.165) is 12.0 Å². The SMILES string of the molecule is CC/C=C1/NC(=O)C(c2ccccc2)=C1O. The standard InChI is InChI=1S/C13H13NO2/c1-2-6-10-12(15)11(13(16)14-10)9-7-4-3-5-8-9/h3-8,15H,2H2,1H3,(H,14,16)/b10-6+. The molecular formula is C13H13NO2. The van der Waals surface area contributed by atoms with E-state index < -0.39 is 0 Å². The van der Waals surface area contributed by atoms with E-state index in [9.17, 15) is 9.90 Å². The summed E-state index contributed by atoms with van der Waals surface area (Å²) in [5, 5.41) is 12.6. The van der Waals surface area contributed by atoms with E-state index in [-0.39, 0.29) is 11.7 Å². The van der Waals surface area contributed by atoms with Crippen molar-refractivity contribution in [1.29, 1.82) is 0 Å². The van der Waals surface area contributed by atoms with Crippen molar-refractivity contribution in [3.8, 4) is 0 Å². The first-order valence-electron chi connectivity index (χ1n) is 5.24. The quantitative estimate of drug-likeness (QED) is 0.795. The summed E-state index contributed by atoms with van der Waals surface area (Å²) in [5.41, 5.74) is 1.59. The molecule has 82 valence electrons. The number of aliphatic hydroxyl groups is 1. The van der Waals surface area contributed by atoms with Crippen molar-refractivity contribution in [3.05, 3.63) is 53.4 Å². The minimum Gasteiger partial charge on any atom is -0.505 e. The molecule has 0 aliphatic carbocycles. The number of carbonyl (C=O) groups is 1. The summed E-state index contributed by atoms with van der Waals surface area (Å²) < 4.78 is 0. The molecule has 0 aromatic heterocycles. The summed E-state index contributed by atoms with van der Waals surface area (Å²) in [6, 6.07) is 9.16. The summed E-state index contributed by atoms with van der Waals surface area (Å²) in [7, 11) is 0. The minimum atomic E-state index is -0.247. The molecule has 1 aliphatic rings. The number of nitrogens with one attached hydrogen (secondary N) is 1. The van der Waals surface area contributed by atoms with Crippen LogP contribution < -0.4 is 5.32 Å². The van der Waals surface area contributed by atoms with Gasteiger partial charge in [0.15, 0.2) is 5.76 Å². The van der Waals surface area contributed by atoms with Gasteiger partial charge in [-0.25, -0.2) is 0 Å². The van der Waals surface area contributed by atoms with Crippen LogP contribution in [0.4, 0.5) is 0 Å². The molecule has 0 saturated heterocycles. The molecule has 1 amide bonds. The molecule has 0 bridgehead atoms. The number of allylic oxidation sites excluding steroid dienone is 1. The predicted molar refractivity (Wildman–Crippen MR) is 62.5 cm³/mol. The molecule has 0 spiro atoms. The van der Waals surface area contributed by atoms with E-state index in [1.54, 1.807) is 18.2 Å². The van der Waals surface area contributed by atoms with Gasteiger partial charge >= 0.3 is 0 Å². The first-order chi connectivity index (χ1) is 7.74. The Labute approximate surface area is 94.1 Å². The second-order valence-electron chi connectivity index (χ2n) is 3.57. The van der Waals surface area contributed by atoms with Crippen LogP contribution in [0.1, 0.15) is 18.9 Å². The van der Waals surface area contributed by atoms with Gasteiger partial charge in [0.2, 0.25) is 0 Å². The Bertz CT molecular complexity index is 472. The van der Waals surface area contributed by atoms with Gasteiger partial charge in [0, 0.05) is 0 Å². The van der Waals surface area contributed by atoms with Crippen LogP contribution in [-0.4, -0.2) is 11.0 Å². The maximum atomic E-state index is 11.7. The molecule has 0 fully saturated rings. The van der Waals surface area contributed by atoms with E-state index in [1.165, 1.54) is 0 Å². The Morgan fingerprint density at radius 1 is 1.31 bits per heavy atom. The highest BCUT2D eigenvalue weighted by Gasteiger charge is 2.27. The normalized spacial score (nSPS) is 18.1. The molecule has 2 N–H and O–H groups in total. The van der Waals surface area contributed by atoms with Gasteiger partial charge in [0.25, 0.3) is 5.91 Å². The fraction of sp³-hybridized carbons (Fsp3) is 0.154. The Morgan fingerprint density at radius 2 is 2.00 bits per heavy atom. The van der Waals surface area contributed by atoms with Crippen molar-refractivity contribution in [2.45, 2.75) is 13.3 Å². The monoisotopic (exact) mass is 215 g/mol. The molecule has 2 rings (SSSR count). The van der Waals surface area contributed by atoms with E-state index in [2.05, 4.69) is 5.32 Å². The third-order valence-electron chi connectivity index (χ3n) is 2.44. The van der Waals surface area contributed by atoms with Crippen LogP contribution in [0.5, 0.6) is 0 Å². The molecule has 0 radical (unpaired) electrons. The summed E-state index contributed by atoms with van der Waals surface area (Å²) >= 11 is 0. The zero-order valence-electron chi connectivity index (χ0n) is 9.03. The Hall–Kier alpha value is -2.03. The fourth-order valence-corrected chi connectivity index (χ4v) is 1.71. The van der Waals surface area contributed by atoms with E-state index in [0.29, 0.717) is 11.3 Å². The average Bonchev–Trinajstić information content (AvgIpc) is 2.56. The van der Waals surface area contributed by atoms with Gasteiger partial charge in [-0.15, -0.1) is 0 Å². The molecule has 0 atom stereocenters. The lowest BCUT2D eigenvalue weighted by molar-refractivity contribution is -0.114. The van der Waals surface area contributed by atoms with E-state index in [4.69, 9.17) is 0 Å². The highest BCUT2D eigenvalue weighted by Crippen LogP contribution is 2.26. The number of aliphatic hydroxyl groups excluding tert-OH is 1. The lowest BCUT2D eigenvalue weighted by Gasteiger charge is -1.98. The van der Waals surface area contributed by atoms with Crippen LogP contribution >= 0.6 is 0 Å². The lowest BCUT2D eigenvalue weighted by atomic mass is 10.1. The first kappa shape index (κ1) is 10.5. The highest BCUT2D eigenvalue weighted by atomic mass is 16.3. The molecular weight excluding hydrogens is 202 g/mol. The number of amides is 1. The number of hydrogen-bond donors (Lipinski definition) is 2. The zero-order chi connectivity index (χ0) is 11.5. The van der Waals surface area contributed by atoms with Crippen LogP contribution in [0.3, 0.4) is 0 Å². The van der Waals surface area contributed by atoms with Gasteiger partial charge in [-0.2, -0.15) is 0 Å². The number of hydrogen-bond acceptors (Lipinski definition) is 2. The largest absolute Gasteiger partial charge is 0.505 e. The number of rotatable bonds is 2. The topological polar surface area (TPSA) is 49.3 Å². The zero-order valence-corrected chi connectivity index (χ0v) is 9.03. The van der Waals surface area contributed by atoms with Gasteiger partial charge in [-0.3, -0.25) is 4.79 Å². The van der Waals surface area contributed by atoms with Gasteiger partial charge < -0.3 is 10.4 Å². The lowest BCUT2D eigenvalue weighted by Crippen LogP contribution is -2.15. The molecule has 1 aromatic carbocycles. The molecule has 3 nitrogen and oxygen atoms in total. The Kier molecular flexibility index (Phi) is 2.77. The highest BCUT2D eigenvalue weighted by molar-refractivity contribution is 6.24. The van der Waals surface area contributed by atoms with E-state index >= 15 is 0 Å². The second kappa shape index (κ2) is 4.23. The van der Waals surface area contributed by atoms with Crippen molar-refractivity contribution >= 4 is 11.5 Å². The van der Waals surface area contributed by atoms with Gasteiger partial charge in [-0.05, 0) is 12.0 Å². The summed E-state index contributed by atoms with van der Waals surface area (Å²) in [4.78, 5) is 11.7. The van der Waals surface area contributed by atoms with Crippen LogP contribution in [0.15, 0.2) is 47.9 Å². The smallest absolute Gasteiger partial charge is 0.260 e. The molecule has 16 heavy (non-hydrogen) atoms. The summed E-state index contributed by atoms with van der Waals surface area (Å²) in [6.07, 6.45) is 2.56. The number of benzene rings is 1. The molecule has 1 heterocycles. The number of carbonyl (C=O) groups excluding carboxylic acids is 1. The minimum absolute atomic E-state index is 0.0399. The average molecular weight is 215 g/mol. The third-order valence-corrected chi connectivity index (χ3v) is 2.44. The predicted octanol–water partition coefficient (Wildman–Crippen LogP) is 2.38. The Morgan fingerprint density at radius 3 is 2.62 bits per heavy atom. The third kappa shape index (κ3) is 1.72. The van der Waals surface area contributed by atoms with Gasteiger partial charge in [0.1, 0.15) is 0 Å². The van der Waals surface area contributed by atoms with Crippen molar-refractivity contribution in [3.63, 3.8) is 0 Å². The maximum Gasteiger partial charge on any atom is 0.260 e. The molecule has 1 aromatic rings. The van der Waals surface area contributed by atoms with Crippen molar-refractivity contribution < 1.29 is 9.90 Å². The maximum absolute atomic E-state index is 11.7. The molecule has 0 saturated carbocycles. The van der Waals surface area contributed by atoms with Gasteiger partial charge in [0.05, 0.1) is 11.3 Å². The van der Waals surface area contributed by atoms with Gasteiger partial charge in [-0.1, -0.05) is 43.3 Å². The Balaban J connectivity index is 2.48. The van der Waals surface area contributed by atoms with Crippen LogP contribution in [0, 0.1) is 0 Å². The van der Waals surface area contributed by atoms with Crippen LogP contribution in [-0.2, 0) is 4.79 Å². The van der Waals surface area contributed by atoms with Crippen LogP contribution in [0.2, 0.25) is 0 Å². The van der Waals surface area contributed by atoms with Crippen LogP contribution in [0.25, 0.3) is 5.57 Å². The summed E-state index contributed by atoms with van der Waals surface area (Å²) in [6.45, 7) is 1.95. The van der Waals surface area contributed by atoms with Crippen molar-refractivity contribution in [2.75, 3.05) is 0 Å². The second-order valence-corrected chi connectivity index (χ2v) is 3.57. The van der Waals surface area contributed by atoms with Crippen molar-refractivity contribution in [2.24, 2.45) is 0 Å².